The zero-order chi connectivity index (χ0) is 10.6. The van der Waals surface area contributed by atoms with Crippen molar-refractivity contribution in [3.05, 3.63) is 29.3 Å². The maximum absolute atomic E-state index is 9.96. The second kappa shape index (κ2) is 4.58. The van der Waals surface area contributed by atoms with E-state index in [9.17, 15) is 4.79 Å². The third kappa shape index (κ3) is 2.44. The van der Waals surface area contributed by atoms with E-state index >= 15 is 0 Å². The monoisotopic (exact) mass is 190 g/mol. The van der Waals surface area contributed by atoms with Crippen molar-refractivity contribution in [2.75, 3.05) is 19.0 Å². The Balaban J connectivity index is 2.99. The summed E-state index contributed by atoms with van der Waals surface area (Å²) in [7, 11) is 3.99. The maximum atomic E-state index is 9.96. The number of hydrogen-bond donors (Lipinski definition) is 0. The van der Waals surface area contributed by atoms with Crippen LogP contribution < -0.4 is 4.90 Å². The van der Waals surface area contributed by atoms with Crippen molar-refractivity contribution >= 4 is 11.8 Å². The quantitative estimate of drug-likeness (QED) is 0.538. The Kier molecular flexibility index (Phi) is 3.43. The number of isocyanates is 1. The number of rotatable bonds is 3. The van der Waals surface area contributed by atoms with Gasteiger partial charge >= 0.3 is 0 Å². The summed E-state index contributed by atoms with van der Waals surface area (Å²) in [6, 6.07) is 6.05. The van der Waals surface area contributed by atoms with Crippen LogP contribution in [0.3, 0.4) is 0 Å². The molecule has 0 saturated carbocycles. The van der Waals surface area contributed by atoms with E-state index in [-0.39, 0.29) is 0 Å². The number of carbonyl (C=O) groups excluding carboxylic acids is 1. The van der Waals surface area contributed by atoms with Gasteiger partial charge in [0, 0.05) is 19.8 Å². The first-order chi connectivity index (χ1) is 6.65. The molecule has 0 aliphatic carbocycles. The molecule has 1 aromatic carbocycles. The SMILES string of the molecule is Cc1ccc(CN=C=O)cc1N(C)C. The van der Waals surface area contributed by atoms with Gasteiger partial charge in [0.1, 0.15) is 0 Å². The van der Waals surface area contributed by atoms with Gasteiger partial charge in [-0.25, -0.2) is 9.79 Å². The van der Waals surface area contributed by atoms with E-state index in [0.717, 1.165) is 11.3 Å². The van der Waals surface area contributed by atoms with E-state index in [1.165, 1.54) is 5.56 Å². The highest BCUT2D eigenvalue weighted by molar-refractivity contribution is 5.54. The number of aryl methyl sites for hydroxylation is 1. The van der Waals surface area contributed by atoms with Crippen molar-refractivity contribution in [1.29, 1.82) is 0 Å². The van der Waals surface area contributed by atoms with Crippen LogP contribution in [-0.2, 0) is 11.3 Å². The van der Waals surface area contributed by atoms with Crippen LogP contribution in [0, 0.1) is 6.92 Å². The summed E-state index contributed by atoms with van der Waals surface area (Å²) in [5.41, 5.74) is 3.40. The molecular formula is C11H14N2O. The molecule has 0 amide bonds. The van der Waals surface area contributed by atoms with Crippen LogP contribution in [0.15, 0.2) is 23.2 Å². The zero-order valence-corrected chi connectivity index (χ0v) is 8.74. The Hall–Kier alpha value is -1.60. The van der Waals surface area contributed by atoms with Gasteiger partial charge in [-0.05, 0) is 24.1 Å². The molecule has 0 aromatic heterocycles. The van der Waals surface area contributed by atoms with E-state index in [0.29, 0.717) is 6.54 Å². The Morgan fingerprint density at radius 2 is 2.14 bits per heavy atom. The second-order valence-electron chi connectivity index (χ2n) is 3.42. The fourth-order valence-corrected chi connectivity index (χ4v) is 1.36. The maximum Gasteiger partial charge on any atom is 0.235 e. The van der Waals surface area contributed by atoms with Gasteiger partial charge in [-0.15, -0.1) is 0 Å². The topological polar surface area (TPSA) is 32.7 Å². The Labute approximate surface area is 84.1 Å². The van der Waals surface area contributed by atoms with Crippen molar-refractivity contribution < 1.29 is 4.79 Å². The summed E-state index contributed by atoms with van der Waals surface area (Å²) in [6.07, 6.45) is 1.54. The normalized spacial score (nSPS) is 9.36. The van der Waals surface area contributed by atoms with Crippen LogP contribution in [0.4, 0.5) is 5.69 Å². The largest absolute Gasteiger partial charge is 0.377 e. The molecule has 0 fully saturated rings. The van der Waals surface area contributed by atoms with Crippen LogP contribution in [0.25, 0.3) is 0 Å². The first kappa shape index (κ1) is 10.5. The number of anilines is 1. The molecule has 0 atom stereocenters. The van der Waals surface area contributed by atoms with E-state index in [4.69, 9.17) is 0 Å². The summed E-state index contributed by atoms with van der Waals surface area (Å²) in [5, 5.41) is 0. The molecular weight excluding hydrogens is 176 g/mol. The first-order valence-corrected chi connectivity index (χ1v) is 4.45. The molecule has 3 nitrogen and oxygen atoms in total. The molecule has 0 spiro atoms. The molecule has 74 valence electrons. The minimum absolute atomic E-state index is 0.407. The summed E-state index contributed by atoms with van der Waals surface area (Å²) in [4.78, 5) is 15.6. The standard InChI is InChI=1S/C11H14N2O/c1-9-4-5-10(7-12-8-14)6-11(9)13(2)3/h4-6H,7H2,1-3H3. The van der Waals surface area contributed by atoms with Crippen molar-refractivity contribution in [3.8, 4) is 0 Å². The van der Waals surface area contributed by atoms with Gasteiger partial charge in [0.2, 0.25) is 6.08 Å². The van der Waals surface area contributed by atoms with Crippen LogP contribution >= 0.6 is 0 Å². The summed E-state index contributed by atoms with van der Waals surface area (Å²) in [5.74, 6) is 0. The second-order valence-corrected chi connectivity index (χ2v) is 3.42. The van der Waals surface area contributed by atoms with Gasteiger partial charge in [-0.3, -0.25) is 0 Å². The minimum Gasteiger partial charge on any atom is -0.377 e. The predicted octanol–water partition coefficient (Wildman–Crippen LogP) is 1.90. The summed E-state index contributed by atoms with van der Waals surface area (Å²) in [6.45, 7) is 2.47. The average Bonchev–Trinajstić information content (AvgIpc) is 2.16. The third-order valence-corrected chi connectivity index (χ3v) is 2.08. The molecule has 14 heavy (non-hydrogen) atoms. The lowest BCUT2D eigenvalue weighted by Crippen LogP contribution is -2.10. The molecule has 0 aliphatic rings. The van der Waals surface area contributed by atoms with E-state index in [1.807, 2.05) is 37.2 Å². The molecule has 0 aliphatic heterocycles. The van der Waals surface area contributed by atoms with Crippen LogP contribution in [0.1, 0.15) is 11.1 Å². The lowest BCUT2D eigenvalue weighted by molar-refractivity contribution is 0.563. The predicted molar refractivity (Wildman–Crippen MR) is 57.3 cm³/mol. The average molecular weight is 190 g/mol. The molecule has 1 aromatic rings. The number of nitrogens with zero attached hydrogens (tertiary/aromatic N) is 2. The van der Waals surface area contributed by atoms with Crippen molar-refractivity contribution in [2.24, 2.45) is 4.99 Å². The third-order valence-electron chi connectivity index (χ3n) is 2.08. The Morgan fingerprint density at radius 3 is 2.71 bits per heavy atom. The van der Waals surface area contributed by atoms with Gasteiger partial charge in [-0.2, -0.15) is 0 Å². The Bertz CT molecular complexity index is 366. The summed E-state index contributed by atoms with van der Waals surface area (Å²) >= 11 is 0. The van der Waals surface area contributed by atoms with Gasteiger partial charge in [0.15, 0.2) is 0 Å². The molecule has 0 saturated heterocycles. The Morgan fingerprint density at radius 1 is 1.43 bits per heavy atom. The lowest BCUT2D eigenvalue weighted by atomic mass is 10.1. The minimum atomic E-state index is 0.407. The first-order valence-electron chi connectivity index (χ1n) is 4.45. The van der Waals surface area contributed by atoms with Crippen LogP contribution in [0.2, 0.25) is 0 Å². The van der Waals surface area contributed by atoms with Gasteiger partial charge < -0.3 is 4.90 Å². The highest BCUT2D eigenvalue weighted by Gasteiger charge is 2.01. The molecule has 0 heterocycles. The highest BCUT2D eigenvalue weighted by atomic mass is 16.1. The number of aliphatic imine (C=N–C) groups is 1. The molecule has 1 rings (SSSR count). The fraction of sp³-hybridized carbons (Fsp3) is 0.364. The zero-order valence-electron chi connectivity index (χ0n) is 8.74. The van der Waals surface area contributed by atoms with Crippen LogP contribution in [-0.4, -0.2) is 20.2 Å². The van der Waals surface area contributed by atoms with Crippen molar-refractivity contribution in [2.45, 2.75) is 13.5 Å². The molecule has 3 heteroatoms. The van der Waals surface area contributed by atoms with E-state index in [1.54, 1.807) is 6.08 Å². The molecule has 0 radical (unpaired) electrons. The molecule has 0 unspecified atom stereocenters. The van der Waals surface area contributed by atoms with Crippen molar-refractivity contribution in [1.82, 2.24) is 0 Å². The van der Waals surface area contributed by atoms with E-state index < -0.39 is 0 Å². The van der Waals surface area contributed by atoms with Gasteiger partial charge in [-0.1, -0.05) is 12.1 Å². The van der Waals surface area contributed by atoms with Crippen molar-refractivity contribution in [3.63, 3.8) is 0 Å². The highest BCUT2D eigenvalue weighted by Crippen LogP contribution is 2.19. The molecule has 0 bridgehead atoms. The van der Waals surface area contributed by atoms with Gasteiger partial charge in [0.05, 0.1) is 6.54 Å². The fourth-order valence-electron chi connectivity index (χ4n) is 1.36. The lowest BCUT2D eigenvalue weighted by Gasteiger charge is -2.16. The van der Waals surface area contributed by atoms with E-state index in [2.05, 4.69) is 11.9 Å². The van der Waals surface area contributed by atoms with Crippen LogP contribution in [0.5, 0.6) is 0 Å². The number of hydrogen-bond acceptors (Lipinski definition) is 3. The smallest absolute Gasteiger partial charge is 0.235 e. The van der Waals surface area contributed by atoms with Gasteiger partial charge in [0.25, 0.3) is 0 Å². The molecule has 0 N–H and O–H groups in total. The number of benzene rings is 1. The summed E-state index contributed by atoms with van der Waals surface area (Å²) < 4.78 is 0.